The molecule has 1 spiro atoms. The summed E-state index contributed by atoms with van der Waals surface area (Å²) in [6.07, 6.45) is 3.61. The number of hydrogen-bond donors (Lipinski definition) is 0. The molecule has 2 aliphatic heterocycles. The highest BCUT2D eigenvalue weighted by Gasteiger charge is 2.67. The second-order valence-corrected chi connectivity index (χ2v) is 23.2. The molecule has 3 aromatic heterocycles. The summed E-state index contributed by atoms with van der Waals surface area (Å²) >= 11 is 0. The molecule has 4 nitrogen and oxygen atoms in total. The molecule has 0 aliphatic carbocycles. The van der Waals surface area contributed by atoms with Crippen LogP contribution in [-0.4, -0.2) is 12.6 Å². The zero-order chi connectivity index (χ0) is 37.6. The minimum absolute atomic E-state index is 0.155. The number of nitrogens with zero attached hydrogens (tertiary/aromatic N) is 3. The van der Waals surface area contributed by atoms with Crippen LogP contribution in [0.1, 0.15) is 43.0 Å². The summed E-state index contributed by atoms with van der Waals surface area (Å²) in [6, 6.07) is 47.5. The number of aryl methyl sites for hydroxylation is 1. The fraction of sp³-hybridized carbons (Fsp3) is 0.200. The van der Waals surface area contributed by atoms with E-state index in [0.29, 0.717) is 0 Å². The van der Waals surface area contributed by atoms with E-state index < -0.39 is 13.7 Å². The molecule has 1 unspecified atom stereocenters. The van der Waals surface area contributed by atoms with Crippen LogP contribution >= 0.6 is 0 Å². The van der Waals surface area contributed by atoms with Gasteiger partial charge in [0.1, 0.15) is 16.8 Å². The van der Waals surface area contributed by atoms with Gasteiger partial charge < -0.3 is 4.42 Å². The van der Waals surface area contributed by atoms with Gasteiger partial charge >= 0.3 is 11.5 Å². The summed E-state index contributed by atoms with van der Waals surface area (Å²) < 4.78 is 14.9. The third-order valence-corrected chi connectivity index (χ3v) is 14.2. The Morgan fingerprint density at radius 3 is 2.31 bits per heavy atom. The highest BCUT2D eigenvalue weighted by atomic mass is 28.3. The molecule has 0 N–H and O–H groups in total. The van der Waals surface area contributed by atoms with Gasteiger partial charge in [0.15, 0.2) is 22.8 Å². The van der Waals surface area contributed by atoms with E-state index in [1.165, 1.54) is 60.5 Å². The van der Waals surface area contributed by atoms with Crippen LogP contribution in [0.3, 0.4) is 0 Å². The molecule has 55 heavy (non-hydrogen) atoms. The van der Waals surface area contributed by atoms with Crippen molar-refractivity contribution < 1.29 is 13.6 Å². The Labute approximate surface area is 322 Å². The molecule has 11 rings (SSSR count). The van der Waals surface area contributed by atoms with Gasteiger partial charge in [-0.1, -0.05) is 113 Å². The molecule has 0 saturated carbocycles. The van der Waals surface area contributed by atoms with E-state index in [2.05, 4.69) is 195 Å². The molecule has 1 atom stereocenters. The summed E-state index contributed by atoms with van der Waals surface area (Å²) in [5.74, 6) is 1.14. The Morgan fingerprint density at radius 2 is 1.49 bits per heavy atom. The molecular weight excluding hydrogens is 687 g/mol. The average Bonchev–Trinajstić information content (AvgIpc) is 3.86. The molecule has 0 fully saturated rings. The first kappa shape index (κ1) is 32.6. The number of aromatic nitrogens is 3. The lowest BCUT2D eigenvalue weighted by Gasteiger charge is -2.26. The Hall–Kier alpha value is -5.78. The second-order valence-electron chi connectivity index (χ2n) is 18.2. The predicted molar refractivity (Wildman–Crippen MR) is 228 cm³/mol. The molecule has 9 aromatic rings. The lowest BCUT2D eigenvalue weighted by molar-refractivity contribution is -0.944. The van der Waals surface area contributed by atoms with Crippen molar-refractivity contribution in [2.45, 2.75) is 59.4 Å². The molecule has 5 heteroatoms. The third kappa shape index (κ3) is 4.39. The summed E-state index contributed by atoms with van der Waals surface area (Å²) in [6.45, 7) is 16.9. The maximum atomic E-state index is 7.03. The van der Waals surface area contributed by atoms with E-state index in [9.17, 15) is 0 Å². The van der Waals surface area contributed by atoms with Gasteiger partial charge in [0.25, 0.3) is 0 Å². The number of para-hydroxylation sites is 3. The normalized spacial score (nSPS) is 16.1. The van der Waals surface area contributed by atoms with Gasteiger partial charge in [-0.15, -0.1) is 9.13 Å². The second kappa shape index (κ2) is 10.9. The molecule has 6 aromatic carbocycles. The van der Waals surface area contributed by atoms with E-state index in [1.54, 1.807) is 0 Å². The van der Waals surface area contributed by atoms with Gasteiger partial charge in [0, 0.05) is 22.0 Å². The van der Waals surface area contributed by atoms with Crippen LogP contribution in [0.5, 0.6) is 0 Å². The van der Waals surface area contributed by atoms with Crippen molar-refractivity contribution in [3.05, 3.63) is 156 Å². The van der Waals surface area contributed by atoms with Crippen LogP contribution in [0.25, 0.3) is 72.1 Å². The van der Waals surface area contributed by atoms with Gasteiger partial charge in [0.2, 0.25) is 5.69 Å². The van der Waals surface area contributed by atoms with Crippen molar-refractivity contribution in [1.82, 2.24) is 4.57 Å². The molecule has 268 valence electrons. The Bertz CT molecular complexity index is 3120. The Morgan fingerprint density at radius 1 is 0.727 bits per heavy atom. The molecular formula is C50H45N3OSi+2. The zero-order valence-electron chi connectivity index (χ0n) is 32.7. The largest absolute Gasteiger partial charge is 0.455 e. The van der Waals surface area contributed by atoms with Crippen LogP contribution in [0.2, 0.25) is 19.6 Å². The van der Waals surface area contributed by atoms with Crippen molar-refractivity contribution >= 4 is 57.0 Å². The van der Waals surface area contributed by atoms with Gasteiger partial charge in [-0.3, -0.25) is 0 Å². The molecule has 5 heterocycles. The molecule has 0 radical (unpaired) electrons. The van der Waals surface area contributed by atoms with Gasteiger partial charge in [0.05, 0.1) is 24.8 Å². The van der Waals surface area contributed by atoms with Crippen LogP contribution in [0.15, 0.2) is 138 Å². The average molecular weight is 732 g/mol. The summed E-state index contributed by atoms with van der Waals surface area (Å²) in [7, 11) is -1.83. The lowest BCUT2D eigenvalue weighted by atomic mass is 9.87. The smallest absolute Gasteiger partial charge is 0.364 e. The molecule has 0 saturated heterocycles. The first-order valence-corrected chi connectivity index (χ1v) is 23.1. The first-order valence-electron chi connectivity index (χ1n) is 19.6. The van der Waals surface area contributed by atoms with E-state index in [-0.39, 0.29) is 5.41 Å². The third-order valence-electron chi connectivity index (χ3n) is 12.1. The van der Waals surface area contributed by atoms with E-state index in [4.69, 9.17) is 4.42 Å². The van der Waals surface area contributed by atoms with Crippen molar-refractivity contribution in [3.63, 3.8) is 0 Å². The topological polar surface area (TPSA) is 25.8 Å². The number of furan rings is 1. The number of fused-ring (bicyclic) bond motifs is 17. The summed E-state index contributed by atoms with van der Waals surface area (Å²) in [5, 5.41) is 6.26. The fourth-order valence-electron chi connectivity index (χ4n) is 9.99. The van der Waals surface area contributed by atoms with Crippen molar-refractivity contribution in [1.29, 1.82) is 0 Å². The Kier molecular flexibility index (Phi) is 6.48. The standard InChI is InChI=1S/C50H45N3OSi/c1-31-20-23-38-40(26-31)50(51-30-45(55(5,6)7)34(28-43(38)51)29-49(2,3)4)39-25-24-37-36-16-10-13-19-44(36)54-47(37)46(39)48-52(41-17-11-12-18-42(41)53(48)50)35-22-21-32-14-8-9-15-33(32)27-35/h8-28,30H,29H2,1-7H3/q+2. The number of pyridine rings is 1. The van der Waals surface area contributed by atoms with Crippen molar-refractivity contribution in [2.75, 3.05) is 0 Å². The van der Waals surface area contributed by atoms with Crippen molar-refractivity contribution in [3.8, 4) is 28.3 Å². The SMILES string of the molecule is Cc1ccc2c(c1)C1(c3ccc4c(oc5ccccc54)c3-c3n(-c4ccc5ccccc5c4)c4ccccc4[n+]31)[n+]1cc([Si](C)(C)C)c(CC(C)(C)C)cc1-2. The minimum atomic E-state index is -1.83. The number of benzene rings is 6. The van der Waals surface area contributed by atoms with Gasteiger partial charge in [-0.2, -0.15) is 4.57 Å². The number of hydrogen-bond acceptors (Lipinski definition) is 1. The van der Waals surface area contributed by atoms with Crippen LogP contribution < -0.4 is 14.3 Å². The van der Waals surface area contributed by atoms with Crippen LogP contribution in [-0.2, 0) is 12.1 Å². The maximum Gasteiger partial charge on any atom is 0.364 e. The maximum absolute atomic E-state index is 7.03. The first-order chi connectivity index (χ1) is 26.4. The Balaban J connectivity index is 1.37. The molecule has 2 aliphatic rings. The molecule has 0 bridgehead atoms. The van der Waals surface area contributed by atoms with Crippen molar-refractivity contribution in [2.24, 2.45) is 5.41 Å². The van der Waals surface area contributed by atoms with Crippen LogP contribution in [0.4, 0.5) is 0 Å². The molecule has 0 amide bonds. The highest BCUT2D eigenvalue weighted by Crippen LogP contribution is 2.52. The van der Waals surface area contributed by atoms with Crippen LogP contribution in [0, 0.1) is 12.3 Å². The van der Waals surface area contributed by atoms with Gasteiger partial charge in [-0.25, -0.2) is 0 Å². The minimum Gasteiger partial charge on any atom is -0.455 e. The highest BCUT2D eigenvalue weighted by molar-refractivity contribution is 6.89. The number of imidazole rings is 1. The fourth-order valence-corrected chi connectivity index (χ4v) is 11.6. The monoisotopic (exact) mass is 731 g/mol. The summed E-state index contributed by atoms with van der Waals surface area (Å²) in [5.41, 5.74) is 13.8. The van der Waals surface area contributed by atoms with Gasteiger partial charge in [-0.05, 0) is 89.7 Å². The quantitative estimate of drug-likeness (QED) is 0.131. The zero-order valence-corrected chi connectivity index (χ0v) is 33.7. The summed E-state index contributed by atoms with van der Waals surface area (Å²) in [4.78, 5) is 0. The van der Waals surface area contributed by atoms with E-state index in [0.717, 1.165) is 45.4 Å². The van der Waals surface area contributed by atoms with E-state index in [1.807, 2.05) is 0 Å². The lowest BCUT2D eigenvalue weighted by Crippen LogP contribution is -2.72. The van der Waals surface area contributed by atoms with E-state index >= 15 is 0 Å². The number of rotatable bonds is 3. The predicted octanol–water partition coefficient (Wildman–Crippen LogP) is 11.0.